The van der Waals surface area contributed by atoms with Crippen LogP contribution < -0.4 is 11.1 Å². The minimum Gasteiger partial charge on any atom is -0.381 e. The summed E-state index contributed by atoms with van der Waals surface area (Å²) in [7, 11) is -3.02. The highest BCUT2D eigenvalue weighted by atomic mass is 32.2. The van der Waals surface area contributed by atoms with Crippen LogP contribution in [0.15, 0.2) is 34.9 Å². The number of sulfone groups is 1. The van der Waals surface area contributed by atoms with Gasteiger partial charge in [0.25, 0.3) is 0 Å². The molecule has 2 saturated heterocycles. The normalized spacial score (nSPS) is 18.3. The number of nitrogen functional groups attached to an aromatic ring is 1. The molecule has 1 aromatic heterocycles. The number of benzene rings is 1. The van der Waals surface area contributed by atoms with E-state index >= 15 is 0 Å². The van der Waals surface area contributed by atoms with Gasteiger partial charge in [-0.15, -0.1) is 0 Å². The van der Waals surface area contributed by atoms with Gasteiger partial charge in [0.05, 0.1) is 11.5 Å². The molecule has 0 aliphatic carbocycles. The Morgan fingerprint density at radius 1 is 1.00 bits per heavy atom. The minimum atomic E-state index is -3.02. The number of nitrogens with two attached hydrogens (primary N) is 1. The second-order valence-electron chi connectivity index (χ2n) is 11.5. The van der Waals surface area contributed by atoms with E-state index in [1.165, 1.54) is 5.56 Å². The second kappa shape index (κ2) is 13.4. The lowest BCUT2D eigenvalue weighted by Crippen LogP contribution is -2.50. The zero-order valence-electron chi connectivity index (χ0n) is 24.4. The third-order valence-corrected chi connectivity index (χ3v) is 8.89. The predicted molar refractivity (Wildman–Crippen MR) is 157 cm³/mol. The lowest BCUT2D eigenvalue weighted by Gasteiger charge is -2.32. The Balaban J connectivity index is 0.000000371. The van der Waals surface area contributed by atoms with E-state index in [2.05, 4.69) is 24.3 Å². The maximum Gasteiger partial charge on any atom is 0.321 e. The van der Waals surface area contributed by atoms with Gasteiger partial charge in [-0.1, -0.05) is 51.9 Å². The van der Waals surface area contributed by atoms with Crippen LogP contribution in [0.5, 0.6) is 0 Å². The predicted octanol–water partition coefficient (Wildman–Crippen LogP) is 4.14. The molecule has 4 amide bonds. The summed E-state index contributed by atoms with van der Waals surface area (Å²) in [5.74, 6) is 1.81. The highest BCUT2D eigenvalue weighted by Crippen LogP contribution is 2.23. The van der Waals surface area contributed by atoms with Gasteiger partial charge in [0, 0.05) is 56.4 Å². The fraction of sp³-hybridized carbons (Fsp3) is 0.607. The van der Waals surface area contributed by atoms with Gasteiger partial charge in [0.1, 0.15) is 5.76 Å². The smallest absolute Gasteiger partial charge is 0.321 e. The third-order valence-electron chi connectivity index (χ3n) is 7.28. The molecule has 0 radical (unpaired) electrons. The molecule has 0 spiro atoms. The maximum atomic E-state index is 12.7. The molecule has 40 heavy (non-hydrogen) atoms. The highest BCUT2D eigenvalue weighted by Gasteiger charge is 2.30. The Bertz CT molecular complexity index is 1220. The SMILES string of the molecule is CC(C)(C)c1cc(N)no1.CCC(C)c1ccc(NC(=O)N2CCCN(C(=O)N3CCS(=O)(=O)CC3)CC2)cc1. The summed E-state index contributed by atoms with van der Waals surface area (Å²) < 4.78 is 28.1. The molecule has 2 aromatic rings. The second-order valence-corrected chi connectivity index (χ2v) is 13.8. The van der Waals surface area contributed by atoms with Crippen LogP contribution in [0, 0.1) is 0 Å². The summed E-state index contributed by atoms with van der Waals surface area (Å²) >= 11 is 0. The van der Waals surface area contributed by atoms with Crippen LogP contribution in [-0.2, 0) is 15.3 Å². The average Bonchev–Trinajstić information content (AvgIpc) is 3.21. The highest BCUT2D eigenvalue weighted by molar-refractivity contribution is 7.91. The van der Waals surface area contributed by atoms with Crippen LogP contribution >= 0.6 is 0 Å². The molecule has 3 N–H and O–H groups in total. The van der Waals surface area contributed by atoms with E-state index in [9.17, 15) is 18.0 Å². The van der Waals surface area contributed by atoms with Gasteiger partial charge in [-0.2, -0.15) is 0 Å². The largest absolute Gasteiger partial charge is 0.381 e. The van der Waals surface area contributed by atoms with E-state index < -0.39 is 9.84 Å². The van der Waals surface area contributed by atoms with Crippen molar-refractivity contribution in [1.29, 1.82) is 0 Å². The number of nitrogens with zero attached hydrogens (tertiary/aromatic N) is 4. The number of hydrogen-bond acceptors (Lipinski definition) is 7. The molecular formula is C28H44N6O5S. The van der Waals surface area contributed by atoms with Gasteiger partial charge in [0.15, 0.2) is 15.7 Å². The Kier molecular flexibility index (Phi) is 10.5. The number of urea groups is 2. The lowest BCUT2D eigenvalue weighted by atomic mass is 9.93. The van der Waals surface area contributed by atoms with Crippen molar-refractivity contribution in [3.63, 3.8) is 0 Å². The third kappa shape index (κ3) is 8.87. The number of hydrogen-bond donors (Lipinski definition) is 2. The van der Waals surface area contributed by atoms with Crippen molar-refractivity contribution < 1.29 is 22.5 Å². The molecule has 4 rings (SSSR count). The fourth-order valence-electron chi connectivity index (χ4n) is 4.39. The topological polar surface area (TPSA) is 142 Å². The number of carbonyl (C=O) groups is 2. The molecule has 11 nitrogen and oxygen atoms in total. The van der Waals surface area contributed by atoms with Crippen molar-refractivity contribution in [2.75, 3.05) is 61.8 Å². The van der Waals surface area contributed by atoms with E-state index in [1.807, 2.05) is 45.0 Å². The summed E-state index contributed by atoms with van der Waals surface area (Å²) in [6.45, 7) is 13.0. The molecule has 12 heteroatoms. The van der Waals surface area contributed by atoms with Gasteiger partial charge in [0.2, 0.25) is 0 Å². The quantitative estimate of drug-likeness (QED) is 0.559. The zero-order chi connectivity index (χ0) is 29.5. The minimum absolute atomic E-state index is 0.00458. The van der Waals surface area contributed by atoms with Crippen LogP contribution in [0.2, 0.25) is 0 Å². The summed E-state index contributed by atoms with van der Waals surface area (Å²) in [5.41, 5.74) is 7.39. The average molecular weight is 577 g/mol. The fourth-order valence-corrected chi connectivity index (χ4v) is 5.59. The maximum absolute atomic E-state index is 12.7. The Labute approximate surface area is 237 Å². The molecule has 0 bridgehead atoms. The summed E-state index contributed by atoms with van der Waals surface area (Å²) in [5, 5.41) is 6.53. The van der Waals surface area contributed by atoms with Crippen molar-refractivity contribution in [1.82, 2.24) is 19.9 Å². The number of nitrogens with one attached hydrogen (secondary N) is 1. The molecule has 2 fully saturated rings. The first-order chi connectivity index (χ1) is 18.8. The molecule has 2 aliphatic rings. The van der Waals surface area contributed by atoms with E-state index in [0.29, 0.717) is 44.3 Å². The molecule has 1 aromatic carbocycles. The van der Waals surface area contributed by atoms with E-state index in [-0.39, 0.29) is 42.1 Å². The Morgan fingerprint density at radius 2 is 1.57 bits per heavy atom. The molecule has 0 saturated carbocycles. The first kappa shape index (κ1) is 31.3. The van der Waals surface area contributed by atoms with Crippen molar-refractivity contribution in [3.8, 4) is 0 Å². The summed E-state index contributed by atoms with van der Waals surface area (Å²) in [4.78, 5) is 30.5. The Morgan fingerprint density at radius 3 is 2.10 bits per heavy atom. The zero-order valence-corrected chi connectivity index (χ0v) is 25.2. The first-order valence-electron chi connectivity index (χ1n) is 13.9. The standard InChI is InChI=1S/C21H32N4O4S.C7H12N2O/c1-3-17(2)18-5-7-19(8-6-18)22-20(26)23-9-4-10-24(12-11-23)21(27)25-13-15-30(28,29)16-14-25;1-7(2,3)5-4-6(8)9-10-5/h5-8,17H,3-4,9-16H2,1-2H3,(H,22,26);4H,1-3H3,(H2,8,9). The molecule has 222 valence electrons. The van der Waals surface area contributed by atoms with E-state index in [1.54, 1.807) is 20.8 Å². The molecular weight excluding hydrogens is 532 g/mol. The van der Waals surface area contributed by atoms with Gasteiger partial charge in [-0.3, -0.25) is 0 Å². The molecule has 2 aliphatic heterocycles. The van der Waals surface area contributed by atoms with Crippen molar-refractivity contribution in [2.24, 2.45) is 0 Å². The van der Waals surface area contributed by atoms with Crippen molar-refractivity contribution in [3.05, 3.63) is 41.7 Å². The van der Waals surface area contributed by atoms with Crippen LogP contribution in [0.4, 0.5) is 21.1 Å². The van der Waals surface area contributed by atoms with Crippen molar-refractivity contribution >= 4 is 33.4 Å². The first-order valence-corrected chi connectivity index (χ1v) is 15.7. The molecule has 1 atom stereocenters. The van der Waals surface area contributed by atoms with Crippen LogP contribution in [0.1, 0.15) is 64.7 Å². The number of rotatable bonds is 3. The van der Waals surface area contributed by atoms with E-state index in [4.69, 9.17) is 10.3 Å². The van der Waals surface area contributed by atoms with Crippen LogP contribution in [0.25, 0.3) is 0 Å². The number of aromatic nitrogens is 1. The number of carbonyl (C=O) groups excluding carboxylic acids is 2. The van der Waals surface area contributed by atoms with E-state index in [0.717, 1.165) is 17.9 Å². The Hall–Kier alpha value is -3.28. The van der Waals surface area contributed by atoms with Crippen LogP contribution in [-0.4, -0.2) is 91.1 Å². The van der Waals surface area contributed by atoms with Gasteiger partial charge >= 0.3 is 12.1 Å². The monoisotopic (exact) mass is 576 g/mol. The van der Waals surface area contributed by atoms with Crippen molar-refractivity contribution in [2.45, 2.75) is 58.8 Å². The van der Waals surface area contributed by atoms with Gasteiger partial charge < -0.3 is 30.3 Å². The number of anilines is 2. The molecule has 1 unspecified atom stereocenters. The lowest BCUT2D eigenvalue weighted by molar-refractivity contribution is 0.157. The van der Waals surface area contributed by atoms with Gasteiger partial charge in [-0.25, -0.2) is 18.0 Å². The molecule has 3 heterocycles. The number of amides is 4. The van der Waals surface area contributed by atoms with Crippen LogP contribution in [0.3, 0.4) is 0 Å². The summed E-state index contributed by atoms with van der Waals surface area (Å²) in [6, 6.07) is 9.41. The summed E-state index contributed by atoms with van der Waals surface area (Å²) in [6.07, 6.45) is 1.76. The van der Waals surface area contributed by atoms with Gasteiger partial charge in [-0.05, 0) is 36.5 Å².